The third-order valence-corrected chi connectivity index (χ3v) is 4.27. The van der Waals surface area contributed by atoms with E-state index in [4.69, 9.17) is 9.84 Å². The predicted octanol–water partition coefficient (Wildman–Crippen LogP) is 2.69. The number of nitrogens with zero attached hydrogens (tertiary/aromatic N) is 1. The minimum atomic E-state index is -4.49. The second-order valence-electron chi connectivity index (χ2n) is 6.55. The molecule has 138 valence electrons. The van der Waals surface area contributed by atoms with Crippen molar-refractivity contribution >= 4 is 11.9 Å². The van der Waals surface area contributed by atoms with Gasteiger partial charge in [-0.15, -0.1) is 0 Å². The first-order valence-corrected chi connectivity index (χ1v) is 7.82. The molecule has 1 aliphatic heterocycles. The monoisotopic (exact) mass is 359 g/mol. The number of halogens is 3. The molecule has 1 aromatic rings. The third-order valence-electron chi connectivity index (χ3n) is 4.27. The Morgan fingerprint density at radius 2 is 1.92 bits per heavy atom. The van der Waals surface area contributed by atoms with Gasteiger partial charge in [0.25, 0.3) is 0 Å². The molecule has 0 bridgehead atoms. The van der Waals surface area contributed by atoms with E-state index in [9.17, 15) is 22.8 Å². The highest BCUT2D eigenvalue weighted by Crippen LogP contribution is 2.33. The van der Waals surface area contributed by atoms with Gasteiger partial charge in [-0.3, -0.25) is 9.59 Å². The summed E-state index contributed by atoms with van der Waals surface area (Å²) in [6.07, 6.45) is -5.33. The molecule has 0 aliphatic carbocycles. The number of carbonyl (C=O) groups excluding carboxylic acids is 1. The molecule has 1 saturated heterocycles. The summed E-state index contributed by atoms with van der Waals surface area (Å²) in [7, 11) is 0. The van der Waals surface area contributed by atoms with Crippen molar-refractivity contribution in [3.05, 3.63) is 35.4 Å². The zero-order valence-corrected chi connectivity index (χ0v) is 14.0. The van der Waals surface area contributed by atoms with Gasteiger partial charge in [-0.2, -0.15) is 13.2 Å². The summed E-state index contributed by atoms with van der Waals surface area (Å²) >= 11 is 0. The molecule has 1 atom stereocenters. The van der Waals surface area contributed by atoms with Gasteiger partial charge in [0.15, 0.2) is 0 Å². The van der Waals surface area contributed by atoms with Crippen LogP contribution in [0, 0.1) is 0 Å². The number of carboxylic acid groups (broad SMARTS) is 1. The van der Waals surface area contributed by atoms with Crippen LogP contribution >= 0.6 is 0 Å². The van der Waals surface area contributed by atoms with E-state index in [2.05, 4.69) is 0 Å². The number of hydrogen-bond acceptors (Lipinski definition) is 3. The fourth-order valence-electron chi connectivity index (χ4n) is 2.83. The largest absolute Gasteiger partial charge is 0.481 e. The Morgan fingerprint density at radius 3 is 2.52 bits per heavy atom. The van der Waals surface area contributed by atoms with Crippen LogP contribution in [0.15, 0.2) is 24.3 Å². The van der Waals surface area contributed by atoms with E-state index in [1.807, 2.05) is 0 Å². The summed E-state index contributed by atoms with van der Waals surface area (Å²) in [6, 6.07) is 4.71. The molecule has 2 rings (SSSR count). The van der Waals surface area contributed by atoms with Gasteiger partial charge < -0.3 is 14.7 Å². The van der Waals surface area contributed by atoms with Crippen LogP contribution in [0.5, 0.6) is 0 Å². The number of ether oxygens (including phenoxy) is 1. The summed E-state index contributed by atoms with van der Waals surface area (Å²) in [5, 5.41) is 8.85. The smallest absolute Gasteiger partial charge is 0.416 e. The van der Waals surface area contributed by atoms with Crippen molar-refractivity contribution in [2.75, 3.05) is 19.7 Å². The van der Waals surface area contributed by atoms with Gasteiger partial charge in [-0.05, 0) is 25.5 Å². The number of carbonyl (C=O) groups is 2. The summed E-state index contributed by atoms with van der Waals surface area (Å²) in [5.74, 6) is -1.39. The van der Waals surface area contributed by atoms with E-state index in [1.165, 1.54) is 17.0 Å². The number of amides is 1. The Bertz CT molecular complexity index is 658. The molecule has 1 heterocycles. The van der Waals surface area contributed by atoms with Gasteiger partial charge in [0.2, 0.25) is 5.91 Å². The Labute approximate surface area is 143 Å². The average molecular weight is 359 g/mol. The average Bonchev–Trinajstić information content (AvgIpc) is 2.53. The van der Waals surface area contributed by atoms with Gasteiger partial charge in [-0.25, -0.2) is 0 Å². The minimum absolute atomic E-state index is 0.105. The second kappa shape index (κ2) is 7.03. The van der Waals surface area contributed by atoms with Crippen molar-refractivity contribution in [2.45, 2.75) is 38.0 Å². The van der Waals surface area contributed by atoms with Crippen molar-refractivity contribution < 1.29 is 32.6 Å². The van der Waals surface area contributed by atoms with Crippen LogP contribution in [0.4, 0.5) is 13.2 Å². The summed E-state index contributed by atoms with van der Waals surface area (Å²) < 4.78 is 44.1. The fourth-order valence-corrected chi connectivity index (χ4v) is 2.83. The van der Waals surface area contributed by atoms with Gasteiger partial charge in [-0.1, -0.05) is 18.2 Å². The Hall–Kier alpha value is -2.09. The molecule has 1 aliphatic rings. The quantitative estimate of drug-likeness (QED) is 0.898. The normalized spacial score (nSPS) is 18.9. The maximum absolute atomic E-state index is 12.9. The maximum Gasteiger partial charge on any atom is 0.416 e. The van der Waals surface area contributed by atoms with E-state index >= 15 is 0 Å². The maximum atomic E-state index is 12.9. The lowest BCUT2D eigenvalue weighted by molar-refractivity contribution is -0.150. The van der Waals surface area contributed by atoms with Crippen LogP contribution in [0.2, 0.25) is 0 Å². The molecule has 0 saturated carbocycles. The van der Waals surface area contributed by atoms with Gasteiger partial charge >= 0.3 is 12.1 Å². The number of alkyl halides is 3. The lowest BCUT2D eigenvalue weighted by atomic mass is 9.82. The van der Waals surface area contributed by atoms with Gasteiger partial charge in [0.05, 0.1) is 30.1 Å². The number of rotatable bonds is 4. The lowest BCUT2D eigenvalue weighted by Crippen LogP contribution is -2.51. The standard InChI is InChI=1S/C17H20F3NO4/c1-16(2,11-4-3-5-12(8-11)17(18,19)20)15(24)21-6-7-25-13(10-21)9-14(22)23/h3-5,8,13H,6-7,9-10H2,1-2H3,(H,22,23)/t13-/m1/s1. The van der Waals surface area contributed by atoms with Gasteiger partial charge in [0, 0.05) is 13.1 Å². The first-order valence-electron chi connectivity index (χ1n) is 7.82. The summed E-state index contributed by atoms with van der Waals surface area (Å²) in [5.41, 5.74) is -1.72. The highest BCUT2D eigenvalue weighted by Gasteiger charge is 2.38. The second-order valence-corrected chi connectivity index (χ2v) is 6.55. The zero-order valence-electron chi connectivity index (χ0n) is 14.0. The van der Waals surface area contributed by atoms with E-state index in [1.54, 1.807) is 13.8 Å². The molecular weight excluding hydrogens is 339 g/mol. The van der Waals surface area contributed by atoms with E-state index in [0.29, 0.717) is 0 Å². The third kappa shape index (κ3) is 4.50. The summed E-state index contributed by atoms with van der Waals surface area (Å²) in [4.78, 5) is 25.1. The first-order chi connectivity index (χ1) is 11.5. The molecule has 1 N–H and O–H groups in total. The Morgan fingerprint density at radius 1 is 1.28 bits per heavy atom. The van der Waals surface area contributed by atoms with Gasteiger partial charge in [0.1, 0.15) is 0 Å². The SMILES string of the molecule is CC(C)(C(=O)N1CCO[C@H](CC(=O)O)C1)c1cccc(C(F)(F)F)c1. The van der Waals surface area contributed by atoms with Crippen LogP contribution in [0.25, 0.3) is 0 Å². The topological polar surface area (TPSA) is 66.8 Å². The molecule has 25 heavy (non-hydrogen) atoms. The first kappa shape index (κ1) is 19.2. The highest BCUT2D eigenvalue weighted by molar-refractivity contribution is 5.87. The number of carboxylic acids is 1. The van der Waals surface area contributed by atoms with Crippen LogP contribution in [-0.2, 0) is 25.9 Å². The van der Waals surface area contributed by atoms with E-state index in [-0.39, 0.29) is 37.6 Å². The molecule has 0 aromatic heterocycles. The van der Waals surface area contributed by atoms with Crippen LogP contribution in [0.1, 0.15) is 31.4 Å². The zero-order chi connectivity index (χ0) is 18.8. The molecular formula is C17H20F3NO4. The molecule has 1 aromatic carbocycles. The van der Waals surface area contributed by atoms with E-state index in [0.717, 1.165) is 12.1 Å². The van der Waals surface area contributed by atoms with Crippen molar-refractivity contribution in [2.24, 2.45) is 0 Å². The lowest BCUT2D eigenvalue weighted by Gasteiger charge is -2.37. The number of aliphatic carboxylic acids is 1. The Balaban J connectivity index is 2.21. The van der Waals surface area contributed by atoms with Crippen molar-refractivity contribution in [3.8, 4) is 0 Å². The summed E-state index contributed by atoms with van der Waals surface area (Å²) in [6.45, 7) is 3.70. The van der Waals surface area contributed by atoms with E-state index < -0.39 is 29.2 Å². The molecule has 0 unspecified atom stereocenters. The molecule has 8 heteroatoms. The molecule has 1 fully saturated rings. The van der Waals surface area contributed by atoms with Crippen LogP contribution in [-0.4, -0.2) is 47.7 Å². The number of hydrogen-bond donors (Lipinski definition) is 1. The van der Waals surface area contributed by atoms with Crippen LogP contribution in [0.3, 0.4) is 0 Å². The van der Waals surface area contributed by atoms with Crippen molar-refractivity contribution in [1.82, 2.24) is 4.90 Å². The molecule has 0 radical (unpaired) electrons. The van der Waals surface area contributed by atoms with Crippen molar-refractivity contribution in [1.29, 1.82) is 0 Å². The highest BCUT2D eigenvalue weighted by atomic mass is 19.4. The molecule has 0 spiro atoms. The number of benzene rings is 1. The predicted molar refractivity (Wildman–Crippen MR) is 83.0 cm³/mol. The molecule has 5 nitrogen and oxygen atoms in total. The van der Waals surface area contributed by atoms with Crippen molar-refractivity contribution in [3.63, 3.8) is 0 Å². The van der Waals surface area contributed by atoms with Crippen LogP contribution < -0.4 is 0 Å². The Kier molecular flexibility index (Phi) is 5.41. The minimum Gasteiger partial charge on any atom is -0.481 e. The number of morpholine rings is 1. The fraction of sp³-hybridized carbons (Fsp3) is 0.529. The molecule has 1 amide bonds.